The zero-order valence-corrected chi connectivity index (χ0v) is 18.5. The molecule has 1 amide bonds. The molecule has 176 valence electrons. The highest BCUT2D eigenvalue weighted by Gasteiger charge is 2.30. The number of piperidine rings is 1. The Balaban J connectivity index is 1.38. The van der Waals surface area contributed by atoms with Gasteiger partial charge >= 0.3 is 6.61 Å². The molecule has 1 heterocycles. The number of likely N-dealkylation sites (tertiary alicyclic amines) is 1. The molecule has 2 aromatic carbocycles. The molecule has 1 N–H and O–H groups in total. The minimum absolute atomic E-state index is 0.00432. The van der Waals surface area contributed by atoms with Crippen LogP contribution in [0.5, 0.6) is 5.75 Å². The van der Waals surface area contributed by atoms with Gasteiger partial charge in [0.25, 0.3) is 5.91 Å². The highest BCUT2D eigenvalue weighted by molar-refractivity contribution is 7.93. The van der Waals surface area contributed by atoms with E-state index in [1.807, 2.05) is 0 Å². The number of hydrogen-bond acceptors (Lipinski definition) is 4. The first-order valence-electron chi connectivity index (χ1n) is 10.6. The van der Waals surface area contributed by atoms with Crippen molar-refractivity contribution in [2.45, 2.75) is 38.3 Å². The topological polar surface area (TPSA) is 75.7 Å². The Morgan fingerprint density at radius 2 is 1.82 bits per heavy atom. The number of carbonyl (C=O) groups excluding carboxylic acids is 1. The summed E-state index contributed by atoms with van der Waals surface area (Å²) in [6.45, 7) is -2.29. The summed E-state index contributed by atoms with van der Waals surface area (Å²) in [7, 11) is -3.75. The molecule has 1 aliphatic carbocycles. The van der Waals surface area contributed by atoms with Crippen molar-refractivity contribution in [1.29, 1.82) is 0 Å². The summed E-state index contributed by atoms with van der Waals surface area (Å²) in [5, 5.41) is 0. The Morgan fingerprint density at radius 1 is 1.09 bits per heavy atom. The van der Waals surface area contributed by atoms with Crippen molar-refractivity contribution in [3.05, 3.63) is 69.9 Å². The van der Waals surface area contributed by atoms with Gasteiger partial charge in [0.2, 0.25) is 10.0 Å². The standard InChI is InChI=1S/C23H23F3N2O4S/c24-21-4-2-1-3-20(21)22(29)28-11-9-17(10-12-28)27-33(30,31)19-8-6-15-13-18(32-23(25)26)7-5-16(15)14-19/h1-5,7,13-14,17,23,27H,6,8-12H2. The summed E-state index contributed by atoms with van der Waals surface area (Å²) in [5.41, 5.74) is 1.39. The molecule has 0 atom stereocenters. The third-order valence-corrected chi connectivity index (χ3v) is 7.51. The maximum atomic E-state index is 13.9. The predicted molar refractivity (Wildman–Crippen MR) is 117 cm³/mol. The van der Waals surface area contributed by atoms with Crippen LogP contribution in [0.3, 0.4) is 0 Å². The van der Waals surface area contributed by atoms with E-state index in [0.29, 0.717) is 37.9 Å². The molecule has 1 fully saturated rings. The fourth-order valence-corrected chi connectivity index (χ4v) is 5.61. The second kappa shape index (κ2) is 9.56. The summed E-state index contributed by atoms with van der Waals surface area (Å²) in [4.78, 5) is 14.3. The van der Waals surface area contributed by atoms with Gasteiger partial charge in [0.1, 0.15) is 11.6 Å². The number of ether oxygens (including phenoxy) is 1. The predicted octanol–water partition coefficient (Wildman–Crippen LogP) is 3.94. The van der Waals surface area contributed by atoms with Crippen LogP contribution in [0.1, 0.15) is 40.7 Å². The van der Waals surface area contributed by atoms with Gasteiger partial charge in [-0.15, -0.1) is 0 Å². The zero-order chi connectivity index (χ0) is 23.6. The van der Waals surface area contributed by atoms with Crippen LogP contribution in [0.2, 0.25) is 0 Å². The highest BCUT2D eigenvalue weighted by atomic mass is 32.2. The number of amides is 1. The van der Waals surface area contributed by atoms with Gasteiger partial charge in [-0.05, 0) is 67.2 Å². The largest absolute Gasteiger partial charge is 0.435 e. The number of rotatable bonds is 6. The Morgan fingerprint density at radius 3 is 2.52 bits per heavy atom. The molecule has 6 nitrogen and oxygen atoms in total. The molecule has 1 saturated heterocycles. The number of sulfonamides is 1. The van der Waals surface area contributed by atoms with Crippen LogP contribution in [0.15, 0.2) is 47.4 Å². The Labute approximate surface area is 190 Å². The smallest absolute Gasteiger partial charge is 0.387 e. The second-order valence-electron chi connectivity index (χ2n) is 8.02. The third-order valence-electron chi connectivity index (χ3n) is 5.85. The molecule has 0 unspecified atom stereocenters. The van der Waals surface area contributed by atoms with Crippen molar-refractivity contribution in [2.75, 3.05) is 13.1 Å². The number of fused-ring (bicyclic) bond motifs is 1. The van der Waals surface area contributed by atoms with Crippen molar-refractivity contribution in [1.82, 2.24) is 9.62 Å². The number of aryl methyl sites for hydroxylation is 1. The first-order chi connectivity index (χ1) is 15.7. The van der Waals surface area contributed by atoms with Gasteiger partial charge in [0, 0.05) is 19.1 Å². The average Bonchev–Trinajstić information content (AvgIpc) is 2.78. The second-order valence-corrected chi connectivity index (χ2v) is 9.78. The van der Waals surface area contributed by atoms with Crippen LogP contribution >= 0.6 is 0 Å². The van der Waals surface area contributed by atoms with Crippen LogP contribution in [-0.4, -0.2) is 45.0 Å². The van der Waals surface area contributed by atoms with E-state index in [2.05, 4.69) is 9.46 Å². The van der Waals surface area contributed by atoms with Crippen LogP contribution in [0.25, 0.3) is 6.08 Å². The van der Waals surface area contributed by atoms with Gasteiger partial charge in [-0.2, -0.15) is 8.78 Å². The molecule has 0 aromatic heterocycles. The maximum Gasteiger partial charge on any atom is 0.387 e. The minimum atomic E-state index is -3.75. The fraction of sp³-hybridized carbons (Fsp3) is 0.348. The molecule has 0 bridgehead atoms. The molecule has 33 heavy (non-hydrogen) atoms. The number of carbonyl (C=O) groups is 1. The van der Waals surface area contributed by atoms with Crippen LogP contribution < -0.4 is 9.46 Å². The van der Waals surface area contributed by atoms with E-state index in [9.17, 15) is 26.4 Å². The molecule has 0 radical (unpaired) electrons. The zero-order valence-electron chi connectivity index (χ0n) is 17.6. The molecule has 0 saturated carbocycles. The van der Waals surface area contributed by atoms with Gasteiger partial charge in [-0.1, -0.05) is 18.2 Å². The summed E-state index contributed by atoms with van der Waals surface area (Å²) in [5.74, 6) is -0.947. The molecular formula is C23H23F3N2O4S. The van der Waals surface area contributed by atoms with Crippen LogP contribution in [-0.2, 0) is 16.4 Å². The fourth-order valence-electron chi connectivity index (χ4n) is 4.13. The van der Waals surface area contributed by atoms with E-state index in [0.717, 1.165) is 5.56 Å². The van der Waals surface area contributed by atoms with Crippen molar-refractivity contribution in [2.24, 2.45) is 0 Å². The maximum absolute atomic E-state index is 13.9. The van der Waals surface area contributed by atoms with Crippen LogP contribution in [0.4, 0.5) is 13.2 Å². The van der Waals surface area contributed by atoms with Crippen LogP contribution in [0, 0.1) is 5.82 Å². The van der Waals surface area contributed by atoms with E-state index < -0.39 is 28.4 Å². The van der Waals surface area contributed by atoms with E-state index in [1.54, 1.807) is 18.2 Å². The van der Waals surface area contributed by atoms with Gasteiger partial charge in [0.15, 0.2) is 0 Å². The Hall–Kier alpha value is -2.85. The van der Waals surface area contributed by atoms with Gasteiger partial charge in [-0.25, -0.2) is 17.5 Å². The van der Waals surface area contributed by atoms with Gasteiger partial charge in [-0.3, -0.25) is 4.79 Å². The number of alkyl halides is 2. The quantitative estimate of drug-likeness (QED) is 0.680. The molecule has 1 aliphatic heterocycles. The molecule has 0 spiro atoms. The molecule has 2 aliphatic rings. The summed E-state index contributed by atoms with van der Waals surface area (Å²) >= 11 is 0. The van der Waals surface area contributed by atoms with Crippen molar-refractivity contribution >= 4 is 22.0 Å². The number of nitrogens with zero attached hydrogens (tertiary/aromatic N) is 1. The molecule has 4 rings (SSSR count). The lowest BCUT2D eigenvalue weighted by atomic mass is 9.97. The first kappa shape index (κ1) is 23.3. The Kier molecular flexibility index (Phi) is 6.76. The Bertz CT molecular complexity index is 1180. The lowest BCUT2D eigenvalue weighted by Crippen LogP contribution is -2.46. The lowest BCUT2D eigenvalue weighted by Gasteiger charge is -2.32. The van der Waals surface area contributed by atoms with Crippen molar-refractivity contribution < 1.29 is 31.1 Å². The SMILES string of the molecule is O=C(c1ccccc1F)N1CCC(NS(=O)(=O)C2=Cc3ccc(OC(F)F)cc3CC2)CC1. The van der Waals surface area contributed by atoms with Crippen molar-refractivity contribution in [3.63, 3.8) is 0 Å². The number of hydrogen-bond donors (Lipinski definition) is 1. The van der Waals surface area contributed by atoms with E-state index in [4.69, 9.17) is 0 Å². The lowest BCUT2D eigenvalue weighted by molar-refractivity contribution is -0.0498. The summed E-state index contributed by atoms with van der Waals surface area (Å²) in [6.07, 6.45) is 3.00. The third kappa shape index (κ3) is 5.39. The summed E-state index contributed by atoms with van der Waals surface area (Å²) < 4.78 is 71.7. The molecule has 2 aromatic rings. The number of benzene rings is 2. The van der Waals surface area contributed by atoms with E-state index >= 15 is 0 Å². The molecular weight excluding hydrogens is 457 g/mol. The average molecular weight is 481 g/mol. The first-order valence-corrected chi connectivity index (χ1v) is 12.1. The minimum Gasteiger partial charge on any atom is -0.435 e. The summed E-state index contributed by atoms with van der Waals surface area (Å²) in [6, 6.07) is 9.88. The number of allylic oxidation sites excluding steroid dienone is 1. The monoisotopic (exact) mass is 480 g/mol. The van der Waals surface area contributed by atoms with E-state index in [1.165, 1.54) is 35.2 Å². The van der Waals surface area contributed by atoms with Crippen molar-refractivity contribution in [3.8, 4) is 5.75 Å². The van der Waals surface area contributed by atoms with E-state index in [-0.39, 0.29) is 28.7 Å². The van der Waals surface area contributed by atoms with Gasteiger partial charge in [0.05, 0.1) is 10.5 Å². The van der Waals surface area contributed by atoms with Gasteiger partial charge < -0.3 is 9.64 Å². The molecule has 10 heteroatoms. The number of nitrogens with one attached hydrogen (secondary N) is 1. The number of halogens is 3. The normalized spacial score (nSPS) is 17.0. The highest BCUT2D eigenvalue weighted by Crippen LogP contribution is 2.30.